The van der Waals surface area contributed by atoms with Gasteiger partial charge in [0, 0.05) is 18.2 Å². The first-order chi connectivity index (χ1) is 9.17. The molecule has 0 bridgehead atoms. The molecule has 0 aliphatic rings. The number of rotatable bonds is 4. The zero-order chi connectivity index (χ0) is 13.8. The Hall–Kier alpha value is -1.22. The van der Waals surface area contributed by atoms with Crippen molar-refractivity contribution in [2.45, 2.75) is 13.5 Å². The van der Waals surface area contributed by atoms with E-state index >= 15 is 0 Å². The quantitative estimate of drug-likeness (QED) is 0.900. The molecule has 0 radical (unpaired) electrons. The summed E-state index contributed by atoms with van der Waals surface area (Å²) in [5.41, 5.74) is 8.66. The maximum absolute atomic E-state index is 6.32. The van der Waals surface area contributed by atoms with Crippen molar-refractivity contribution in [3.8, 4) is 16.9 Å². The van der Waals surface area contributed by atoms with E-state index in [9.17, 15) is 0 Å². The molecule has 2 rings (SSSR count). The number of hydrogen-bond donors (Lipinski definition) is 1. The minimum Gasteiger partial charge on any atom is -0.492 e. The Morgan fingerprint density at radius 1 is 1.05 bits per heavy atom. The van der Waals surface area contributed by atoms with Crippen LogP contribution >= 0.6 is 23.2 Å². The van der Waals surface area contributed by atoms with Crippen molar-refractivity contribution in [2.24, 2.45) is 5.73 Å². The first-order valence-corrected chi connectivity index (χ1v) is 6.83. The number of ether oxygens (including phenoxy) is 1. The van der Waals surface area contributed by atoms with Crippen molar-refractivity contribution in [3.05, 3.63) is 52.0 Å². The van der Waals surface area contributed by atoms with E-state index in [1.54, 1.807) is 6.07 Å². The molecule has 2 aromatic carbocycles. The average molecular weight is 296 g/mol. The third-order valence-corrected chi connectivity index (χ3v) is 3.46. The van der Waals surface area contributed by atoms with Crippen LogP contribution in [0.3, 0.4) is 0 Å². The highest BCUT2D eigenvalue weighted by Crippen LogP contribution is 2.37. The summed E-state index contributed by atoms with van der Waals surface area (Å²) in [4.78, 5) is 0. The van der Waals surface area contributed by atoms with Gasteiger partial charge in [0.2, 0.25) is 0 Å². The minimum absolute atomic E-state index is 0.456. The molecule has 0 atom stereocenters. The molecule has 100 valence electrons. The molecule has 0 aromatic heterocycles. The lowest BCUT2D eigenvalue weighted by Crippen LogP contribution is -1.99. The van der Waals surface area contributed by atoms with Gasteiger partial charge in [-0.15, -0.1) is 0 Å². The Morgan fingerprint density at radius 3 is 2.47 bits per heavy atom. The van der Waals surface area contributed by atoms with Gasteiger partial charge >= 0.3 is 0 Å². The van der Waals surface area contributed by atoms with Gasteiger partial charge in [-0.25, -0.2) is 0 Å². The van der Waals surface area contributed by atoms with Crippen LogP contribution in [0, 0.1) is 0 Å². The van der Waals surface area contributed by atoms with Gasteiger partial charge in [-0.1, -0.05) is 47.5 Å². The molecule has 2 aromatic rings. The van der Waals surface area contributed by atoms with Gasteiger partial charge in [0.1, 0.15) is 5.75 Å². The third kappa shape index (κ3) is 3.03. The molecule has 0 spiro atoms. The van der Waals surface area contributed by atoms with Gasteiger partial charge in [-0.05, 0) is 24.1 Å². The Bertz CT molecular complexity index is 584. The second kappa shape index (κ2) is 6.29. The van der Waals surface area contributed by atoms with Crippen LogP contribution in [0.15, 0.2) is 36.4 Å². The molecule has 2 N–H and O–H groups in total. The second-order valence-electron chi connectivity index (χ2n) is 4.06. The van der Waals surface area contributed by atoms with Gasteiger partial charge in [-0.2, -0.15) is 0 Å². The summed E-state index contributed by atoms with van der Waals surface area (Å²) in [6.07, 6.45) is 0. The molecule has 0 unspecified atom stereocenters. The lowest BCUT2D eigenvalue weighted by molar-refractivity contribution is 0.340. The smallest absolute Gasteiger partial charge is 0.139 e. The predicted molar refractivity (Wildman–Crippen MR) is 81.0 cm³/mol. The number of halogens is 2. The number of benzene rings is 2. The fourth-order valence-corrected chi connectivity index (χ4v) is 2.44. The largest absolute Gasteiger partial charge is 0.492 e. The topological polar surface area (TPSA) is 35.2 Å². The average Bonchev–Trinajstić information content (AvgIpc) is 2.43. The minimum atomic E-state index is 0.456. The molecule has 0 heterocycles. The fraction of sp³-hybridized carbons (Fsp3) is 0.200. The summed E-state index contributed by atoms with van der Waals surface area (Å²) in [5, 5.41) is 1.15. The van der Waals surface area contributed by atoms with E-state index in [1.807, 2.05) is 37.3 Å². The highest BCUT2D eigenvalue weighted by Gasteiger charge is 2.12. The van der Waals surface area contributed by atoms with Crippen LogP contribution in [0.5, 0.6) is 5.75 Å². The summed E-state index contributed by atoms with van der Waals surface area (Å²) in [6, 6.07) is 11.4. The van der Waals surface area contributed by atoms with E-state index < -0.39 is 0 Å². The Balaban J connectivity index is 2.54. The second-order valence-corrected chi connectivity index (χ2v) is 4.87. The van der Waals surface area contributed by atoms with Crippen molar-refractivity contribution in [2.75, 3.05) is 6.61 Å². The van der Waals surface area contributed by atoms with Gasteiger partial charge in [0.15, 0.2) is 0 Å². The van der Waals surface area contributed by atoms with E-state index in [0.717, 1.165) is 16.7 Å². The van der Waals surface area contributed by atoms with Crippen molar-refractivity contribution in [1.82, 2.24) is 0 Å². The molecule has 4 heteroatoms. The van der Waals surface area contributed by atoms with Gasteiger partial charge in [0.25, 0.3) is 0 Å². The van der Waals surface area contributed by atoms with Gasteiger partial charge in [-0.3, -0.25) is 0 Å². The molecule has 0 aliphatic heterocycles. The first kappa shape index (κ1) is 14.2. The summed E-state index contributed by atoms with van der Waals surface area (Å²) in [7, 11) is 0. The monoisotopic (exact) mass is 295 g/mol. The summed E-state index contributed by atoms with van der Waals surface area (Å²) in [6.45, 7) is 2.91. The molecular weight excluding hydrogens is 281 g/mol. The normalized spacial score (nSPS) is 10.5. The highest BCUT2D eigenvalue weighted by atomic mass is 35.5. The molecular formula is C15H15Cl2NO. The Labute approximate surface area is 123 Å². The van der Waals surface area contributed by atoms with E-state index in [1.165, 1.54) is 0 Å². The van der Waals surface area contributed by atoms with Gasteiger partial charge in [0.05, 0.1) is 16.7 Å². The van der Waals surface area contributed by atoms with Crippen molar-refractivity contribution in [1.29, 1.82) is 0 Å². The predicted octanol–water partition coefficient (Wildman–Crippen LogP) is 4.52. The first-order valence-electron chi connectivity index (χ1n) is 6.07. The van der Waals surface area contributed by atoms with E-state index in [2.05, 4.69) is 0 Å². The maximum atomic E-state index is 6.32. The fourth-order valence-electron chi connectivity index (χ4n) is 1.96. The Kier molecular flexibility index (Phi) is 4.70. The van der Waals surface area contributed by atoms with Crippen LogP contribution in [0.1, 0.15) is 12.5 Å². The molecule has 0 amide bonds. The van der Waals surface area contributed by atoms with Crippen molar-refractivity contribution < 1.29 is 4.74 Å². The summed E-state index contributed by atoms with van der Waals surface area (Å²) >= 11 is 12.5. The molecule has 0 aliphatic carbocycles. The zero-order valence-corrected chi connectivity index (χ0v) is 12.1. The molecule has 0 saturated heterocycles. The van der Waals surface area contributed by atoms with Crippen LogP contribution in [0.4, 0.5) is 0 Å². The van der Waals surface area contributed by atoms with Crippen LogP contribution in [-0.2, 0) is 6.54 Å². The van der Waals surface area contributed by atoms with Crippen molar-refractivity contribution >= 4 is 23.2 Å². The number of hydrogen-bond acceptors (Lipinski definition) is 2. The lowest BCUT2D eigenvalue weighted by atomic mass is 9.99. The summed E-state index contributed by atoms with van der Waals surface area (Å²) < 4.78 is 5.42. The van der Waals surface area contributed by atoms with Crippen LogP contribution in [0.2, 0.25) is 10.0 Å². The molecule has 0 fully saturated rings. The molecule has 2 nitrogen and oxygen atoms in total. The highest BCUT2D eigenvalue weighted by molar-refractivity contribution is 6.36. The van der Waals surface area contributed by atoms with E-state index in [0.29, 0.717) is 28.9 Å². The van der Waals surface area contributed by atoms with Crippen molar-refractivity contribution in [3.63, 3.8) is 0 Å². The third-order valence-electron chi connectivity index (χ3n) is 2.85. The molecule has 19 heavy (non-hydrogen) atoms. The van der Waals surface area contributed by atoms with E-state index in [4.69, 9.17) is 33.7 Å². The summed E-state index contributed by atoms with van der Waals surface area (Å²) in [5.74, 6) is 0.600. The van der Waals surface area contributed by atoms with E-state index in [-0.39, 0.29) is 0 Å². The standard InChI is InChI=1S/C15H15Cl2NO/c1-2-19-15-8-13(16)12(7-14(15)17)11-6-4-3-5-10(11)9-18/h3-8H,2,9,18H2,1H3. The zero-order valence-electron chi connectivity index (χ0n) is 10.6. The van der Waals surface area contributed by atoms with Crippen LogP contribution in [0.25, 0.3) is 11.1 Å². The van der Waals surface area contributed by atoms with Gasteiger partial charge < -0.3 is 10.5 Å². The molecule has 0 saturated carbocycles. The maximum Gasteiger partial charge on any atom is 0.139 e. The SMILES string of the molecule is CCOc1cc(Cl)c(-c2ccccc2CN)cc1Cl. The Morgan fingerprint density at radius 2 is 1.79 bits per heavy atom. The lowest BCUT2D eigenvalue weighted by Gasteiger charge is -2.13. The van der Waals surface area contributed by atoms with Crippen LogP contribution in [-0.4, -0.2) is 6.61 Å². The number of nitrogens with two attached hydrogens (primary N) is 1. The van der Waals surface area contributed by atoms with Crippen LogP contribution < -0.4 is 10.5 Å².